The van der Waals surface area contributed by atoms with Gasteiger partial charge in [-0.25, -0.2) is 9.59 Å². The van der Waals surface area contributed by atoms with Crippen LogP contribution in [0.25, 0.3) is 0 Å². The van der Waals surface area contributed by atoms with E-state index in [2.05, 4.69) is 9.78 Å². The molecule has 0 saturated carbocycles. The van der Waals surface area contributed by atoms with Crippen LogP contribution in [-0.2, 0) is 29.0 Å². The van der Waals surface area contributed by atoms with Gasteiger partial charge in [0.25, 0.3) is 0 Å². The first-order valence-corrected chi connectivity index (χ1v) is 8.48. The van der Waals surface area contributed by atoms with Gasteiger partial charge in [-0.3, -0.25) is 9.78 Å². The monoisotopic (exact) mass is 364 g/mol. The van der Waals surface area contributed by atoms with E-state index < -0.39 is 23.5 Å². The van der Waals surface area contributed by atoms with E-state index in [-0.39, 0.29) is 12.7 Å². The molecule has 0 N–H and O–H groups in total. The zero-order valence-corrected chi connectivity index (χ0v) is 16.4. The van der Waals surface area contributed by atoms with E-state index in [0.29, 0.717) is 12.8 Å². The lowest BCUT2D eigenvalue weighted by atomic mass is 10.1. The summed E-state index contributed by atoms with van der Waals surface area (Å²) in [6.07, 6.45) is 0.972. The molecule has 1 atom stereocenters. The molecule has 8 nitrogen and oxygen atoms in total. The van der Waals surface area contributed by atoms with Gasteiger partial charge in [-0.1, -0.05) is 0 Å². The number of carbonyl (C=O) groups excluding carboxylic acids is 2. The Morgan fingerprint density at radius 1 is 0.800 bits per heavy atom. The Balaban J connectivity index is 3.61. The van der Waals surface area contributed by atoms with Crippen LogP contribution in [0.1, 0.15) is 74.1 Å². The van der Waals surface area contributed by atoms with Crippen LogP contribution in [0.5, 0.6) is 0 Å². The fourth-order valence-corrected chi connectivity index (χ4v) is 1.45. The van der Waals surface area contributed by atoms with E-state index in [1.807, 2.05) is 0 Å². The van der Waals surface area contributed by atoms with E-state index in [0.717, 1.165) is 12.8 Å². The largest absolute Gasteiger partial charge is 0.540 e. The van der Waals surface area contributed by atoms with Gasteiger partial charge in [0, 0.05) is 0 Å². The van der Waals surface area contributed by atoms with Crippen LogP contribution in [0.15, 0.2) is 0 Å². The second-order valence-corrected chi connectivity index (χ2v) is 7.68. The molecule has 0 aromatic carbocycles. The van der Waals surface area contributed by atoms with Crippen molar-refractivity contribution in [2.24, 2.45) is 0 Å². The number of rotatable bonds is 9. The summed E-state index contributed by atoms with van der Waals surface area (Å²) in [5.41, 5.74) is -1.16. The first-order chi connectivity index (χ1) is 11.4. The lowest BCUT2D eigenvalue weighted by Gasteiger charge is -2.18. The number of ether oxygens (including phenoxy) is 2. The first kappa shape index (κ1) is 23.5. The molecule has 0 aliphatic heterocycles. The smallest absolute Gasteiger partial charge is 0.432 e. The first-order valence-electron chi connectivity index (χ1n) is 8.48. The lowest BCUT2D eigenvalue weighted by Crippen LogP contribution is -2.24. The summed E-state index contributed by atoms with van der Waals surface area (Å²) in [5.74, 6) is 0. The number of hydrogen-bond donors (Lipinski definition) is 0. The highest BCUT2D eigenvalue weighted by Gasteiger charge is 2.18. The van der Waals surface area contributed by atoms with Gasteiger partial charge < -0.3 is 9.47 Å². The van der Waals surface area contributed by atoms with Crippen molar-refractivity contribution in [3.05, 3.63) is 0 Å². The molecule has 0 fully saturated rings. The van der Waals surface area contributed by atoms with E-state index in [1.165, 1.54) is 0 Å². The Morgan fingerprint density at radius 3 is 1.84 bits per heavy atom. The summed E-state index contributed by atoms with van der Waals surface area (Å²) in [6, 6.07) is 0. The third kappa shape index (κ3) is 17.1. The molecule has 0 aromatic heterocycles. The van der Waals surface area contributed by atoms with Gasteiger partial charge in [-0.2, -0.15) is 9.78 Å². The average Bonchev–Trinajstić information content (AvgIpc) is 2.45. The van der Waals surface area contributed by atoms with Crippen molar-refractivity contribution in [1.29, 1.82) is 0 Å². The van der Waals surface area contributed by atoms with Crippen molar-refractivity contribution in [2.45, 2.75) is 91.5 Å². The Kier molecular flexibility index (Phi) is 10.5. The molecule has 0 aliphatic rings. The zero-order valence-electron chi connectivity index (χ0n) is 16.4. The second-order valence-electron chi connectivity index (χ2n) is 7.68. The minimum atomic E-state index is -0.854. The minimum Gasteiger partial charge on any atom is -0.432 e. The van der Waals surface area contributed by atoms with E-state index >= 15 is 0 Å². The van der Waals surface area contributed by atoms with Crippen molar-refractivity contribution >= 4 is 12.3 Å². The van der Waals surface area contributed by atoms with Crippen molar-refractivity contribution in [2.75, 3.05) is 6.61 Å². The molecule has 148 valence electrons. The van der Waals surface area contributed by atoms with Crippen molar-refractivity contribution < 1.29 is 38.6 Å². The normalized spacial score (nSPS) is 13.1. The summed E-state index contributed by atoms with van der Waals surface area (Å²) in [6.45, 7) is 12.6. The number of hydrogen-bond acceptors (Lipinski definition) is 8. The van der Waals surface area contributed by atoms with Gasteiger partial charge >= 0.3 is 12.3 Å². The number of carbonyl (C=O) groups is 2. The molecular weight excluding hydrogens is 332 g/mol. The topological polar surface area (TPSA) is 89.5 Å². The molecule has 0 heterocycles. The van der Waals surface area contributed by atoms with Crippen LogP contribution < -0.4 is 0 Å². The highest BCUT2D eigenvalue weighted by atomic mass is 17.2. The van der Waals surface area contributed by atoms with Gasteiger partial charge in [0.05, 0.1) is 6.61 Å². The third-order valence-corrected chi connectivity index (χ3v) is 2.49. The van der Waals surface area contributed by atoms with Crippen molar-refractivity contribution in [3.63, 3.8) is 0 Å². The molecule has 0 radical (unpaired) electrons. The predicted molar refractivity (Wildman–Crippen MR) is 89.6 cm³/mol. The van der Waals surface area contributed by atoms with Gasteiger partial charge in [0.2, 0.25) is 0 Å². The Bertz CT molecular complexity index is 394. The molecule has 0 rings (SSSR count). The highest BCUT2D eigenvalue weighted by Crippen LogP contribution is 2.11. The van der Waals surface area contributed by atoms with Crippen LogP contribution >= 0.6 is 0 Å². The lowest BCUT2D eigenvalue weighted by molar-refractivity contribution is -0.313. The third-order valence-electron chi connectivity index (χ3n) is 2.49. The Hall–Kier alpha value is -1.54. The molecule has 0 aromatic rings. The maximum atomic E-state index is 11.4. The SMILES string of the molecule is CC(CCCCCOC(=O)OOC(C)(C)C)OC(=O)OOC(C)(C)C. The summed E-state index contributed by atoms with van der Waals surface area (Å²) < 4.78 is 9.91. The van der Waals surface area contributed by atoms with Crippen molar-refractivity contribution in [1.82, 2.24) is 0 Å². The van der Waals surface area contributed by atoms with Crippen LogP contribution in [-0.4, -0.2) is 36.2 Å². The van der Waals surface area contributed by atoms with E-state index in [1.54, 1.807) is 48.5 Å². The summed E-state index contributed by atoms with van der Waals surface area (Å²) in [4.78, 5) is 41.4. The van der Waals surface area contributed by atoms with Gasteiger partial charge in [-0.05, 0) is 74.1 Å². The second kappa shape index (κ2) is 11.1. The van der Waals surface area contributed by atoms with Gasteiger partial charge in [-0.15, -0.1) is 0 Å². The molecule has 8 heteroatoms. The quantitative estimate of drug-likeness (QED) is 0.252. The summed E-state index contributed by atoms with van der Waals surface area (Å²) >= 11 is 0. The predicted octanol–water partition coefficient (Wildman–Crippen LogP) is 4.70. The molecule has 25 heavy (non-hydrogen) atoms. The van der Waals surface area contributed by atoms with Crippen LogP contribution in [0.2, 0.25) is 0 Å². The van der Waals surface area contributed by atoms with Crippen LogP contribution in [0, 0.1) is 0 Å². The van der Waals surface area contributed by atoms with Crippen LogP contribution in [0.4, 0.5) is 9.59 Å². The Labute approximate surface area is 149 Å². The van der Waals surface area contributed by atoms with Gasteiger partial charge in [0.15, 0.2) is 0 Å². The van der Waals surface area contributed by atoms with Crippen LogP contribution in [0.3, 0.4) is 0 Å². The highest BCUT2D eigenvalue weighted by molar-refractivity contribution is 5.59. The molecule has 0 aliphatic carbocycles. The summed E-state index contributed by atoms with van der Waals surface area (Å²) in [7, 11) is 0. The number of unbranched alkanes of at least 4 members (excludes halogenated alkanes) is 2. The minimum absolute atomic E-state index is 0.239. The molecule has 0 amide bonds. The van der Waals surface area contributed by atoms with E-state index in [4.69, 9.17) is 19.2 Å². The zero-order chi connectivity index (χ0) is 19.5. The average molecular weight is 364 g/mol. The fourth-order valence-electron chi connectivity index (χ4n) is 1.45. The van der Waals surface area contributed by atoms with E-state index in [9.17, 15) is 9.59 Å². The molecular formula is C17H32O8. The Morgan fingerprint density at radius 2 is 1.32 bits per heavy atom. The molecule has 1 unspecified atom stereocenters. The molecule has 0 saturated heterocycles. The summed E-state index contributed by atoms with van der Waals surface area (Å²) in [5, 5.41) is 0. The standard InChI is InChI=1S/C17H32O8/c1-13(21-15(19)23-25-17(5,6)7)11-9-8-10-12-20-14(18)22-24-16(2,3)4/h13H,8-12H2,1-7H3. The van der Waals surface area contributed by atoms with Crippen molar-refractivity contribution in [3.8, 4) is 0 Å². The van der Waals surface area contributed by atoms with Gasteiger partial charge in [0.1, 0.15) is 17.3 Å². The maximum absolute atomic E-state index is 11.4. The molecule has 0 spiro atoms. The molecule has 0 bridgehead atoms. The fraction of sp³-hybridized carbons (Fsp3) is 0.882. The maximum Gasteiger partial charge on any atom is 0.540 e.